The van der Waals surface area contributed by atoms with E-state index >= 15 is 0 Å². The minimum Gasteiger partial charge on any atom is -0.507 e. The maximum absolute atomic E-state index is 11.3. The van der Waals surface area contributed by atoms with Gasteiger partial charge in [-0.15, -0.1) is 0 Å². The van der Waals surface area contributed by atoms with Crippen LogP contribution in [-0.4, -0.2) is 44.7 Å². The Hall–Kier alpha value is -4.32. The Bertz CT molecular complexity index is 1520. The van der Waals surface area contributed by atoms with Gasteiger partial charge in [-0.2, -0.15) is 0 Å². The van der Waals surface area contributed by atoms with Crippen molar-refractivity contribution in [3.63, 3.8) is 0 Å². The lowest BCUT2D eigenvalue weighted by Crippen LogP contribution is -2.27. The van der Waals surface area contributed by atoms with Crippen LogP contribution in [0.1, 0.15) is 89.5 Å². The van der Waals surface area contributed by atoms with Crippen molar-refractivity contribution >= 4 is 12.4 Å². The lowest BCUT2D eigenvalue weighted by atomic mass is 9.83. The van der Waals surface area contributed by atoms with Gasteiger partial charge in [0.15, 0.2) is 0 Å². The summed E-state index contributed by atoms with van der Waals surface area (Å²) in [6, 6.07) is 16.0. The molecule has 228 valence electrons. The molecule has 0 spiro atoms. The van der Waals surface area contributed by atoms with Crippen molar-refractivity contribution in [2.75, 3.05) is 0 Å². The zero-order valence-corrected chi connectivity index (χ0v) is 26.7. The summed E-state index contributed by atoms with van der Waals surface area (Å²) in [5, 5.41) is 22.6. The third-order valence-electron chi connectivity index (χ3n) is 8.43. The predicted molar refractivity (Wildman–Crippen MR) is 181 cm³/mol. The number of pyridine rings is 2. The van der Waals surface area contributed by atoms with E-state index in [9.17, 15) is 10.2 Å². The Labute approximate surface area is 261 Å². The highest BCUT2D eigenvalue weighted by molar-refractivity contribution is 5.89. The lowest BCUT2D eigenvalue weighted by Gasteiger charge is -2.26. The van der Waals surface area contributed by atoms with E-state index in [1.54, 1.807) is 24.8 Å². The van der Waals surface area contributed by atoms with Crippen LogP contribution in [0, 0.1) is 0 Å². The summed E-state index contributed by atoms with van der Waals surface area (Å²) < 4.78 is 0. The highest BCUT2D eigenvalue weighted by Gasteiger charge is 2.26. The fourth-order valence-electron chi connectivity index (χ4n) is 5.87. The maximum atomic E-state index is 11.3. The van der Waals surface area contributed by atoms with Crippen molar-refractivity contribution in [2.45, 2.75) is 90.1 Å². The van der Waals surface area contributed by atoms with E-state index in [0.29, 0.717) is 11.1 Å². The highest BCUT2D eigenvalue weighted by Crippen LogP contribution is 2.38. The average molecular weight is 589 g/mol. The van der Waals surface area contributed by atoms with Crippen LogP contribution in [0.25, 0.3) is 22.3 Å². The van der Waals surface area contributed by atoms with Crippen molar-refractivity contribution < 1.29 is 10.2 Å². The van der Waals surface area contributed by atoms with Gasteiger partial charge in [0.1, 0.15) is 11.5 Å². The van der Waals surface area contributed by atoms with Gasteiger partial charge < -0.3 is 10.2 Å². The van der Waals surface area contributed by atoms with E-state index in [0.717, 1.165) is 59.1 Å². The Morgan fingerprint density at radius 1 is 0.591 bits per heavy atom. The third-order valence-corrected chi connectivity index (χ3v) is 8.43. The van der Waals surface area contributed by atoms with Crippen molar-refractivity contribution in [1.29, 1.82) is 0 Å². The van der Waals surface area contributed by atoms with Crippen LogP contribution in [0.15, 0.2) is 83.3 Å². The molecule has 0 aliphatic heterocycles. The SMILES string of the molecule is CC(C)(C)c1cc(-c2ccncc2)cc(C=NC2CCCCC2N=Cc2cc(-c3ccncc3)cc(C(C)(C)C)c2O)c1O. The molecule has 2 heterocycles. The van der Waals surface area contributed by atoms with Gasteiger partial charge in [-0.25, -0.2) is 0 Å². The number of aliphatic imine (C=N–C) groups is 2. The summed E-state index contributed by atoms with van der Waals surface area (Å²) in [6.07, 6.45) is 14.8. The Balaban J connectivity index is 1.48. The molecule has 2 N–H and O–H groups in total. The molecule has 6 heteroatoms. The number of benzene rings is 2. The molecule has 0 amide bonds. The fraction of sp³-hybridized carbons (Fsp3) is 0.368. The summed E-state index contributed by atoms with van der Waals surface area (Å²) >= 11 is 0. The molecule has 2 aromatic carbocycles. The largest absolute Gasteiger partial charge is 0.507 e. The number of hydrogen-bond acceptors (Lipinski definition) is 6. The zero-order valence-electron chi connectivity index (χ0n) is 26.7. The lowest BCUT2D eigenvalue weighted by molar-refractivity contribution is 0.390. The fourth-order valence-corrected chi connectivity index (χ4v) is 5.87. The minimum absolute atomic E-state index is 0.0188. The molecule has 1 saturated carbocycles. The van der Waals surface area contributed by atoms with Crippen LogP contribution >= 0.6 is 0 Å². The number of aromatic nitrogens is 2. The molecule has 2 atom stereocenters. The van der Waals surface area contributed by atoms with Gasteiger partial charge >= 0.3 is 0 Å². The molecule has 1 aliphatic rings. The molecule has 1 fully saturated rings. The number of phenolic OH excluding ortho intramolecular Hbond substituents is 2. The molecule has 2 aromatic heterocycles. The topological polar surface area (TPSA) is 91.0 Å². The predicted octanol–water partition coefficient (Wildman–Crippen LogP) is 8.67. The summed E-state index contributed by atoms with van der Waals surface area (Å²) in [4.78, 5) is 18.4. The second kappa shape index (κ2) is 12.7. The summed E-state index contributed by atoms with van der Waals surface area (Å²) in [6.45, 7) is 12.6. The summed E-state index contributed by atoms with van der Waals surface area (Å²) in [5.74, 6) is 0.532. The van der Waals surface area contributed by atoms with Crippen LogP contribution in [0.4, 0.5) is 0 Å². The smallest absolute Gasteiger partial charge is 0.128 e. The van der Waals surface area contributed by atoms with Crippen molar-refractivity contribution in [3.8, 4) is 33.8 Å². The van der Waals surface area contributed by atoms with Crippen LogP contribution in [0.5, 0.6) is 11.5 Å². The maximum Gasteiger partial charge on any atom is 0.128 e. The standard InChI is InChI=1S/C38H44N4O2/c1-37(2,3)31-21-27(25-11-15-39-16-12-25)19-29(35(31)43)23-41-33-9-7-8-10-34(33)42-24-30-20-28(26-13-17-40-18-14-26)22-32(36(30)44)38(4,5)6/h11-24,33-34,43-44H,7-10H2,1-6H3. The van der Waals surface area contributed by atoms with Crippen molar-refractivity contribution in [1.82, 2.24) is 9.97 Å². The van der Waals surface area contributed by atoms with Crippen LogP contribution in [0.3, 0.4) is 0 Å². The molecular weight excluding hydrogens is 544 g/mol. The van der Waals surface area contributed by atoms with E-state index in [1.807, 2.05) is 48.8 Å². The van der Waals surface area contributed by atoms with Gasteiger partial charge in [0.25, 0.3) is 0 Å². The first-order valence-electron chi connectivity index (χ1n) is 15.5. The first kappa shape index (κ1) is 31.1. The number of rotatable bonds is 6. The van der Waals surface area contributed by atoms with Gasteiger partial charge in [-0.05, 0) is 94.5 Å². The number of hydrogen-bond donors (Lipinski definition) is 2. The molecule has 44 heavy (non-hydrogen) atoms. The van der Waals surface area contributed by atoms with Gasteiger partial charge in [-0.1, -0.05) is 54.4 Å². The van der Waals surface area contributed by atoms with Gasteiger partial charge in [-0.3, -0.25) is 20.0 Å². The quantitative estimate of drug-likeness (QED) is 0.221. The normalized spacial score (nSPS) is 17.9. The van der Waals surface area contributed by atoms with E-state index in [2.05, 4.69) is 63.6 Å². The van der Waals surface area contributed by atoms with E-state index in [-0.39, 0.29) is 34.4 Å². The van der Waals surface area contributed by atoms with E-state index in [1.165, 1.54) is 0 Å². The molecule has 2 unspecified atom stereocenters. The summed E-state index contributed by atoms with van der Waals surface area (Å²) in [5.41, 5.74) is 6.81. The molecule has 1 aliphatic carbocycles. The molecular formula is C38H44N4O2. The van der Waals surface area contributed by atoms with Crippen LogP contribution in [0.2, 0.25) is 0 Å². The molecule has 4 aromatic rings. The Morgan fingerprint density at radius 3 is 1.30 bits per heavy atom. The van der Waals surface area contributed by atoms with Crippen LogP contribution in [-0.2, 0) is 10.8 Å². The zero-order chi connectivity index (χ0) is 31.5. The van der Waals surface area contributed by atoms with Crippen molar-refractivity contribution in [3.05, 3.63) is 95.6 Å². The van der Waals surface area contributed by atoms with Gasteiger partial charge in [0.2, 0.25) is 0 Å². The third kappa shape index (κ3) is 7.07. The Morgan fingerprint density at radius 2 is 0.955 bits per heavy atom. The van der Waals surface area contributed by atoms with Gasteiger partial charge in [0, 0.05) is 59.5 Å². The van der Waals surface area contributed by atoms with Gasteiger partial charge in [0.05, 0.1) is 12.1 Å². The number of nitrogens with zero attached hydrogens (tertiary/aromatic N) is 4. The molecule has 0 bridgehead atoms. The first-order chi connectivity index (χ1) is 20.9. The molecule has 6 nitrogen and oxygen atoms in total. The molecule has 5 rings (SSSR count). The highest BCUT2D eigenvalue weighted by atomic mass is 16.3. The second-order valence-corrected chi connectivity index (χ2v) is 13.9. The molecule has 0 radical (unpaired) electrons. The molecule has 0 saturated heterocycles. The van der Waals surface area contributed by atoms with Crippen molar-refractivity contribution in [2.24, 2.45) is 9.98 Å². The Kier molecular flexibility index (Phi) is 9.00. The van der Waals surface area contributed by atoms with E-state index < -0.39 is 0 Å². The number of aromatic hydroxyl groups is 2. The minimum atomic E-state index is -0.244. The number of phenols is 2. The summed E-state index contributed by atoms with van der Waals surface area (Å²) in [7, 11) is 0. The van der Waals surface area contributed by atoms with Crippen LogP contribution < -0.4 is 0 Å². The first-order valence-corrected chi connectivity index (χ1v) is 15.5. The van der Waals surface area contributed by atoms with E-state index in [4.69, 9.17) is 9.98 Å². The second-order valence-electron chi connectivity index (χ2n) is 13.9. The monoisotopic (exact) mass is 588 g/mol. The average Bonchev–Trinajstić information content (AvgIpc) is 3.00.